The number of rotatable bonds is 5. The van der Waals surface area contributed by atoms with Gasteiger partial charge in [0.15, 0.2) is 0 Å². The van der Waals surface area contributed by atoms with Crippen molar-refractivity contribution in [3.05, 3.63) is 29.3 Å². The van der Waals surface area contributed by atoms with Crippen LogP contribution in [0.4, 0.5) is 5.69 Å². The van der Waals surface area contributed by atoms with Gasteiger partial charge in [-0.1, -0.05) is 19.9 Å². The van der Waals surface area contributed by atoms with E-state index in [4.69, 9.17) is 5.26 Å². The lowest BCUT2D eigenvalue weighted by Gasteiger charge is -2.20. The van der Waals surface area contributed by atoms with Crippen molar-refractivity contribution < 1.29 is 5.11 Å². The molecule has 0 amide bonds. The van der Waals surface area contributed by atoms with Gasteiger partial charge in [0.2, 0.25) is 0 Å². The smallest absolute Gasteiger partial charge is 0.101 e. The fourth-order valence-corrected chi connectivity index (χ4v) is 1.84. The van der Waals surface area contributed by atoms with Crippen molar-refractivity contribution >= 4 is 5.69 Å². The van der Waals surface area contributed by atoms with Crippen molar-refractivity contribution in [2.45, 2.75) is 33.2 Å². The molecular formula is C14H20N2O. The van der Waals surface area contributed by atoms with Gasteiger partial charge in [0, 0.05) is 6.04 Å². The topological polar surface area (TPSA) is 56.0 Å². The molecule has 0 aliphatic rings. The number of nitriles is 1. The van der Waals surface area contributed by atoms with Crippen LogP contribution >= 0.6 is 0 Å². The number of aliphatic hydroxyl groups excluding tert-OH is 1. The second-order valence-electron chi connectivity index (χ2n) is 4.81. The Hall–Kier alpha value is -1.53. The summed E-state index contributed by atoms with van der Waals surface area (Å²) in [4.78, 5) is 0. The Morgan fingerprint density at radius 3 is 2.65 bits per heavy atom. The predicted molar refractivity (Wildman–Crippen MR) is 69.8 cm³/mol. The summed E-state index contributed by atoms with van der Waals surface area (Å²) in [7, 11) is 0. The summed E-state index contributed by atoms with van der Waals surface area (Å²) in [6.45, 7) is 6.30. The normalized spacial score (nSPS) is 12.2. The molecule has 1 atom stereocenters. The molecule has 0 saturated heterocycles. The van der Waals surface area contributed by atoms with Crippen molar-refractivity contribution in [3.8, 4) is 6.07 Å². The monoisotopic (exact) mass is 232 g/mol. The van der Waals surface area contributed by atoms with E-state index in [1.54, 1.807) is 0 Å². The van der Waals surface area contributed by atoms with Crippen molar-refractivity contribution in [2.75, 3.05) is 11.9 Å². The van der Waals surface area contributed by atoms with Crippen LogP contribution in [-0.4, -0.2) is 17.8 Å². The molecule has 0 bridgehead atoms. The van der Waals surface area contributed by atoms with Crippen molar-refractivity contribution in [3.63, 3.8) is 0 Å². The number of aryl methyl sites for hydroxylation is 1. The third kappa shape index (κ3) is 4.08. The minimum absolute atomic E-state index is 0.00361. The Morgan fingerprint density at radius 2 is 2.12 bits per heavy atom. The van der Waals surface area contributed by atoms with Crippen LogP contribution < -0.4 is 5.32 Å². The summed E-state index contributed by atoms with van der Waals surface area (Å²) in [5.41, 5.74) is 2.54. The molecule has 1 unspecified atom stereocenters. The molecule has 0 radical (unpaired) electrons. The molecule has 1 rings (SSSR count). The number of nitrogens with zero attached hydrogens (tertiary/aromatic N) is 1. The van der Waals surface area contributed by atoms with Crippen molar-refractivity contribution in [1.82, 2.24) is 0 Å². The van der Waals surface area contributed by atoms with Crippen LogP contribution in [0.25, 0.3) is 0 Å². The summed E-state index contributed by atoms with van der Waals surface area (Å²) in [6, 6.07) is 7.83. The molecule has 2 N–H and O–H groups in total. The van der Waals surface area contributed by atoms with E-state index >= 15 is 0 Å². The van der Waals surface area contributed by atoms with Crippen LogP contribution in [0.1, 0.15) is 31.4 Å². The molecule has 0 saturated carbocycles. The van der Waals surface area contributed by atoms with Gasteiger partial charge in [0.1, 0.15) is 6.07 Å². The maximum Gasteiger partial charge on any atom is 0.101 e. The molecule has 0 aliphatic heterocycles. The van der Waals surface area contributed by atoms with Gasteiger partial charge in [0.25, 0.3) is 0 Å². The zero-order valence-electron chi connectivity index (χ0n) is 10.7. The lowest BCUT2D eigenvalue weighted by Crippen LogP contribution is -2.26. The van der Waals surface area contributed by atoms with Crippen LogP contribution in [0.3, 0.4) is 0 Å². The molecule has 0 aliphatic carbocycles. The van der Waals surface area contributed by atoms with E-state index in [0.717, 1.165) is 17.7 Å². The molecular weight excluding hydrogens is 212 g/mol. The average molecular weight is 232 g/mol. The second-order valence-corrected chi connectivity index (χ2v) is 4.81. The molecule has 0 aromatic heterocycles. The van der Waals surface area contributed by atoms with Crippen LogP contribution in [0, 0.1) is 24.2 Å². The third-order valence-corrected chi connectivity index (χ3v) is 2.63. The van der Waals surface area contributed by atoms with Gasteiger partial charge in [-0.05, 0) is 37.0 Å². The maximum atomic E-state index is 9.32. The summed E-state index contributed by atoms with van der Waals surface area (Å²) in [5, 5.41) is 21.6. The molecule has 1 aromatic carbocycles. The van der Waals surface area contributed by atoms with Gasteiger partial charge in [-0.2, -0.15) is 5.26 Å². The summed E-state index contributed by atoms with van der Waals surface area (Å²) in [6.07, 6.45) is 0.884. The minimum Gasteiger partial charge on any atom is -0.394 e. The molecule has 1 aromatic rings. The van der Waals surface area contributed by atoms with Crippen molar-refractivity contribution in [1.29, 1.82) is 5.26 Å². The largest absolute Gasteiger partial charge is 0.394 e. The van der Waals surface area contributed by atoms with Crippen LogP contribution in [0.15, 0.2) is 18.2 Å². The number of benzene rings is 1. The molecule has 17 heavy (non-hydrogen) atoms. The van der Waals surface area contributed by atoms with Gasteiger partial charge < -0.3 is 10.4 Å². The van der Waals surface area contributed by atoms with Gasteiger partial charge >= 0.3 is 0 Å². The molecule has 92 valence electrons. The highest BCUT2D eigenvalue weighted by Gasteiger charge is 2.11. The van der Waals surface area contributed by atoms with E-state index in [1.807, 2.05) is 25.1 Å². The van der Waals surface area contributed by atoms with Crippen LogP contribution in [-0.2, 0) is 0 Å². The van der Waals surface area contributed by atoms with Crippen molar-refractivity contribution in [2.24, 2.45) is 5.92 Å². The first-order valence-corrected chi connectivity index (χ1v) is 5.95. The Bertz CT molecular complexity index is 407. The first kappa shape index (κ1) is 13.5. The second kappa shape index (κ2) is 6.27. The quantitative estimate of drug-likeness (QED) is 0.820. The zero-order valence-corrected chi connectivity index (χ0v) is 10.7. The highest BCUT2D eigenvalue weighted by molar-refractivity contribution is 5.59. The first-order chi connectivity index (χ1) is 8.06. The summed E-state index contributed by atoms with van der Waals surface area (Å²) >= 11 is 0. The minimum atomic E-state index is 0.00361. The van der Waals surface area contributed by atoms with Gasteiger partial charge in [-0.25, -0.2) is 0 Å². The number of aliphatic hydroxyl groups is 1. The SMILES string of the molecule is Cc1ccc(C#N)c(NC(CO)CC(C)C)c1. The number of nitrogens with one attached hydrogen (secondary N) is 1. The van der Waals surface area contributed by atoms with Crippen LogP contribution in [0.2, 0.25) is 0 Å². The van der Waals surface area contributed by atoms with Gasteiger partial charge in [-0.3, -0.25) is 0 Å². The van der Waals surface area contributed by atoms with E-state index in [0.29, 0.717) is 11.5 Å². The molecule has 3 heteroatoms. The Morgan fingerprint density at radius 1 is 1.41 bits per heavy atom. The van der Waals surface area contributed by atoms with Crippen LogP contribution in [0.5, 0.6) is 0 Å². The third-order valence-electron chi connectivity index (χ3n) is 2.63. The molecule has 0 fully saturated rings. The molecule has 0 spiro atoms. The Balaban J connectivity index is 2.85. The number of hydrogen-bond acceptors (Lipinski definition) is 3. The summed E-state index contributed by atoms with van der Waals surface area (Å²) in [5.74, 6) is 0.509. The van der Waals surface area contributed by atoms with E-state index in [1.165, 1.54) is 0 Å². The van der Waals surface area contributed by atoms with E-state index in [2.05, 4.69) is 25.2 Å². The molecule has 3 nitrogen and oxygen atoms in total. The lowest BCUT2D eigenvalue weighted by atomic mass is 10.0. The van der Waals surface area contributed by atoms with E-state index in [9.17, 15) is 5.11 Å². The first-order valence-electron chi connectivity index (χ1n) is 5.95. The average Bonchev–Trinajstić information content (AvgIpc) is 2.28. The highest BCUT2D eigenvalue weighted by Crippen LogP contribution is 2.19. The number of anilines is 1. The van der Waals surface area contributed by atoms with E-state index in [-0.39, 0.29) is 12.6 Å². The standard InChI is InChI=1S/C14H20N2O/c1-10(2)6-13(9-17)16-14-7-11(3)4-5-12(14)8-15/h4-5,7,10,13,16-17H,6,9H2,1-3H3. The highest BCUT2D eigenvalue weighted by atomic mass is 16.3. The Labute approximate surface area is 103 Å². The van der Waals surface area contributed by atoms with Gasteiger partial charge in [0.05, 0.1) is 17.9 Å². The predicted octanol–water partition coefficient (Wildman–Crippen LogP) is 2.69. The Kier molecular flexibility index (Phi) is 4.99. The molecule has 0 heterocycles. The number of hydrogen-bond donors (Lipinski definition) is 2. The van der Waals surface area contributed by atoms with Gasteiger partial charge in [-0.15, -0.1) is 0 Å². The maximum absolute atomic E-state index is 9.32. The fraction of sp³-hybridized carbons (Fsp3) is 0.500. The van der Waals surface area contributed by atoms with E-state index < -0.39 is 0 Å². The lowest BCUT2D eigenvalue weighted by molar-refractivity contribution is 0.259. The fourth-order valence-electron chi connectivity index (χ4n) is 1.84. The summed E-state index contributed by atoms with van der Waals surface area (Å²) < 4.78 is 0. The zero-order chi connectivity index (χ0) is 12.8.